The van der Waals surface area contributed by atoms with Gasteiger partial charge >= 0.3 is 0 Å². The van der Waals surface area contributed by atoms with Crippen LogP contribution in [-0.2, 0) is 0 Å². The highest BCUT2D eigenvalue weighted by Crippen LogP contribution is 2.23. The molecule has 4 unspecified atom stereocenters. The molecule has 0 saturated carbocycles. The van der Waals surface area contributed by atoms with E-state index in [1.54, 1.807) is 0 Å². The van der Waals surface area contributed by atoms with E-state index in [4.69, 9.17) is 0 Å². The van der Waals surface area contributed by atoms with Gasteiger partial charge in [0, 0.05) is 18.6 Å². The highest BCUT2D eigenvalue weighted by Gasteiger charge is 2.36. The Morgan fingerprint density at radius 2 is 2.17 bits per heavy atom. The monoisotopic (exact) mass is 170 g/mol. The van der Waals surface area contributed by atoms with Gasteiger partial charge in [0.05, 0.1) is 0 Å². The Morgan fingerprint density at radius 1 is 1.58 bits per heavy atom. The Bertz CT molecular complexity index is 136. The lowest BCUT2D eigenvalue weighted by Crippen LogP contribution is -2.34. The van der Waals surface area contributed by atoms with Gasteiger partial charge in [-0.2, -0.15) is 0 Å². The van der Waals surface area contributed by atoms with E-state index < -0.39 is 0 Å². The lowest BCUT2D eigenvalue weighted by Gasteiger charge is -2.19. The van der Waals surface area contributed by atoms with Gasteiger partial charge in [-0.15, -0.1) is 0 Å². The fourth-order valence-electron chi connectivity index (χ4n) is 1.75. The van der Waals surface area contributed by atoms with E-state index in [0.29, 0.717) is 6.04 Å². The van der Waals surface area contributed by atoms with Crippen molar-refractivity contribution in [1.82, 2.24) is 10.2 Å². The Kier molecular flexibility index (Phi) is 3.53. The average Bonchev–Trinajstić information content (AvgIpc) is 2.77. The zero-order valence-corrected chi connectivity index (χ0v) is 8.80. The second-order valence-electron chi connectivity index (χ2n) is 4.15. The summed E-state index contributed by atoms with van der Waals surface area (Å²) in [4.78, 5) is 2.41. The highest BCUT2D eigenvalue weighted by atomic mass is 15.3. The van der Waals surface area contributed by atoms with Crippen LogP contribution in [0, 0.1) is 5.92 Å². The molecule has 1 fully saturated rings. The molecule has 1 aliphatic rings. The molecule has 4 atom stereocenters. The number of rotatable bonds is 5. The standard InChI is InChI=1S/C10H22N2/c1-5-8(2)6-9(11-3)10-7-12(10)4/h8-11H,5-7H2,1-4H3. The van der Waals surface area contributed by atoms with Crippen molar-refractivity contribution in [2.24, 2.45) is 5.92 Å². The van der Waals surface area contributed by atoms with Crippen molar-refractivity contribution in [2.45, 2.75) is 38.8 Å². The first-order valence-electron chi connectivity index (χ1n) is 5.06. The third-order valence-electron chi connectivity index (χ3n) is 3.10. The molecule has 0 spiro atoms. The molecule has 0 aromatic rings. The van der Waals surface area contributed by atoms with E-state index in [1.165, 1.54) is 19.4 Å². The molecule has 1 saturated heterocycles. The molecule has 0 aromatic heterocycles. The van der Waals surface area contributed by atoms with E-state index in [1.807, 2.05) is 0 Å². The van der Waals surface area contributed by atoms with Crippen LogP contribution in [0.15, 0.2) is 0 Å². The number of nitrogens with zero attached hydrogens (tertiary/aromatic N) is 1. The number of likely N-dealkylation sites (N-methyl/N-ethyl adjacent to an activating group) is 2. The first-order valence-corrected chi connectivity index (χ1v) is 5.06. The summed E-state index contributed by atoms with van der Waals surface area (Å²) in [5.74, 6) is 0.858. The Morgan fingerprint density at radius 3 is 2.50 bits per heavy atom. The first kappa shape index (κ1) is 10.0. The summed E-state index contributed by atoms with van der Waals surface area (Å²) >= 11 is 0. The second-order valence-corrected chi connectivity index (χ2v) is 4.15. The van der Waals surface area contributed by atoms with Gasteiger partial charge < -0.3 is 5.32 Å². The van der Waals surface area contributed by atoms with Crippen LogP contribution >= 0.6 is 0 Å². The summed E-state index contributed by atoms with van der Waals surface area (Å²) < 4.78 is 0. The number of hydrogen-bond donors (Lipinski definition) is 1. The van der Waals surface area contributed by atoms with Crippen molar-refractivity contribution in [3.05, 3.63) is 0 Å². The first-order chi connectivity index (χ1) is 5.69. The zero-order chi connectivity index (χ0) is 9.14. The topological polar surface area (TPSA) is 15.0 Å². The van der Waals surface area contributed by atoms with Crippen LogP contribution in [0.1, 0.15) is 26.7 Å². The smallest absolute Gasteiger partial charge is 0.0374 e. The van der Waals surface area contributed by atoms with Crippen molar-refractivity contribution in [1.29, 1.82) is 0 Å². The van der Waals surface area contributed by atoms with Crippen molar-refractivity contribution < 1.29 is 0 Å². The van der Waals surface area contributed by atoms with Crippen molar-refractivity contribution in [3.63, 3.8) is 0 Å². The molecule has 2 heteroatoms. The quantitative estimate of drug-likeness (QED) is 0.626. The van der Waals surface area contributed by atoms with Crippen LogP contribution in [0.25, 0.3) is 0 Å². The molecule has 0 bridgehead atoms. The average molecular weight is 170 g/mol. The minimum Gasteiger partial charge on any atom is -0.315 e. The van der Waals surface area contributed by atoms with E-state index in [9.17, 15) is 0 Å². The third kappa shape index (κ3) is 2.46. The molecule has 1 N–H and O–H groups in total. The summed E-state index contributed by atoms with van der Waals surface area (Å²) in [5, 5.41) is 3.42. The van der Waals surface area contributed by atoms with E-state index in [0.717, 1.165) is 12.0 Å². The Balaban J connectivity index is 2.26. The van der Waals surface area contributed by atoms with E-state index >= 15 is 0 Å². The molecule has 1 heterocycles. The van der Waals surface area contributed by atoms with E-state index in [2.05, 4.69) is 38.2 Å². The van der Waals surface area contributed by atoms with Crippen LogP contribution < -0.4 is 5.32 Å². The molecule has 0 radical (unpaired) electrons. The van der Waals surface area contributed by atoms with E-state index in [-0.39, 0.29) is 0 Å². The molecule has 0 aromatic carbocycles. The summed E-state index contributed by atoms with van der Waals surface area (Å²) in [6, 6.07) is 1.52. The minimum absolute atomic E-state index is 0.713. The Labute approximate surface area is 76.3 Å². The molecule has 0 amide bonds. The Hall–Kier alpha value is -0.0800. The lowest BCUT2D eigenvalue weighted by molar-refractivity contribution is 0.379. The van der Waals surface area contributed by atoms with Crippen LogP contribution in [0.3, 0.4) is 0 Å². The number of nitrogens with one attached hydrogen (secondary N) is 1. The molecule has 72 valence electrons. The van der Waals surface area contributed by atoms with Crippen LogP contribution in [-0.4, -0.2) is 37.6 Å². The summed E-state index contributed by atoms with van der Waals surface area (Å²) in [6.07, 6.45) is 2.62. The third-order valence-corrected chi connectivity index (χ3v) is 3.10. The van der Waals surface area contributed by atoms with Gasteiger partial charge in [0.15, 0.2) is 0 Å². The van der Waals surface area contributed by atoms with Gasteiger partial charge in [-0.1, -0.05) is 20.3 Å². The number of hydrogen-bond acceptors (Lipinski definition) is 2. The van der Waals surface area contributed by atoms with Crippen LogP contribution in [0.4, 0.5) is 0 Å². The normalized spacial score (nSPS) is 33.0. The molecular formula is C10H22N2. The molecule has 2 nitrogen and oxygen atoms in total. The molecule has 12 heavy (non-hydrogen) atoms. The van der Waals surface area contributed by atoms with Gasteiger partial charge in [-0.25, -0.2) is 0 Å². The zero-order valence-electron chi connectivity index (χ0n) is 8.80. The molecule has 0 aliphatic carbocycles. The maximum atomic E-state index is 3.42. The summed E-state index contributed by atoms with van der Waals surface area (Å²) in [5.41, 5.74) is 0. The van der Waals surface area contributed by atoms with Crippen LogP contribution in [0.2, 0.25) is 0 Å². The summed E-state index contributed by atoms with van der Waals surface area (Å²) in [7, 11) is 4.28. The van der Waals surface area contributed by atoms with Gasteiger partial charge in [-0.05, 0) is 26.4 Å². The molecular weight excluding hydrogens is 148 g/mol. The van der Waals surface area contributed by atoms with Crippen LogP contribution in [0.5, 0.6) is 0 Å². The maximum absolute atomic E-state index is 3.42. The largest absolute Gasteiger partial charge is 0.315 e. The second kappa shape index (κ2) is 4.24. The predicted molar refractivity (Wildman–Crippen MR) is 53.3 cm³/mol. The molecule has 1 rings (SSSR count). The predicted octanol–water partition coefficient (Wildman–Crippen LogP) is 1.32. The van der Waals surface area contributed by atoms with Crippen molar-refractivity contribution in [3.8, 4) is 0 Å². The fraction of sp³-hybridized carbons (Fsp3) is 1.00. The SMILES string of the molecule is CCC(C)CC(NC)C1CN1C. The van der Waals surface area contributed by atoms with Gasteiger partial charge in [-0.3, -0.25) is 4.90 Å². The van der Waals surface area contributed by atoms with Crippen molar-refractivity contribution >= 4 is 0 Å². The minimum atomic E-state index is 0.713. The summed E-state index contributed by atoms with van der Waals surface area (Å²) in [6.45, 7) is 5.89. The lowest BCUT2D eigenvalue weighted by atomic mass is 9.97. The highest BCUT2D eigenvalue weighted by molar-refractivity contribution is 4.96. The van der Waals surface area contributed by atoms with Gasteiger partial charge in [0.2, 0.25) is 0 Å². The van der Waals surface area contributed by atoms with Gasteiger partial charge in [0.1, 0.15) is 0 Å². The van der Waals surface area contributed by atoms with Gasteiger partial charge in [0.25, 0.3) is 0 Å². The fourth-order valence-corrected chi connectivity index (χ4v) is 1.75. The maximum Gasteiger partial charge on any atom is 0.0374 e. The molecule has 1 aliphatic heterocycles. The van der Waals surface area contributed by atoms with Crippen molar-refractivity contribution in [2.75, 3.05) is 20.6 Å².